The molecule has 0 atom stereocenters. The Balaban J connectivity index is 0.000000278. The second kappa shape index (κ2) is 9.07. The van der Waals surface area contributed by atoms with Crippen molar-refractivity contribution in [2.24, 2.45) is 0 Å². The third-order valence-electron chi connectivity index (χ3n) is 1.60. The molecule has 0 spiro atoms. The smallest absolute Gasteiger partial charge is 0.345 e. The van der Waals surface area contributed by atoms with Crippen LogP contribution in [0.1, 0.15) is 20.8 Å². The normalized spacial score (nSPS) is 8.35. The molecule has 17 heavy (non-hydrogen) atoms. The summed E-state index contributed by atoms with van der Waals surface area (Å²) in [4.78, 5) is 10.6. The Labute approximate surface area is 112 Å². The highest BCUT2D eigenvalue weighted by atomic mass is 32.1. The van der Waals surface area contributed by atoms with Gasteiger partial charge in [-0.25, -0.2) is 4.79 Å². The maximum absolute atomic E-state index is 10.2. The van der Waals surface area contributed by atoms with Gasteiger partial charge in [0.15, 0.2) is 0 Å². The third kappa shape index (κ3) is 7.02. The molecule has 0 amide bonds. The largest absolute Gasteiger partial charge is 0.477 e. The molecule has 2 nitrogen and oxygen atoms in total. The predicted molar refractivity (Wildman–Crippen MR) is 76.6 cm³/mol. The van der Waals surface area contributed by atoms with Gasteiger partial charge in [-0.3, -0.25) is 0 Å². The van der Waals surface area contributed by atoms with E-state index in [1.165, 1.54) is 16.9 Å². The second-order valence-electron chi connectivity index (χ2n) is 3.09. The van der Waals surface area contributed by atoms with E-state index in [-0.39, 0.29) is 0 Å². The Kier molecular flexibility index (Phi) is 8.54. The molecule has 2 aromatic heterocycles. The van der Waals surface area contributed by atoms with Gasteiger partial charge in [-0.05, 0) is 53.2 Å². The number of carboxylic acid groups (broad SMARTS) is 1. The number of aromatic carboxylic acids is 1. The van der Waals surface area contributed by atoms with Gasteiger partial charge in [0.1, 0.15) is 4.88 Å². The Morgan fingerprint density at radius 3 is 2.06 bits per heavy atom. The van der Waals surface area contributed by atoms with Crippen LogP contribution in [0.2, 0.25) is 0 Å². The van der Waals surface area contributed by atoms with Gasteiger partial charge in [0.25, 0.3) is 0 Å². The number of hydrogen-bond acceptors (Lipinski definition) is 3. The minimum atomic E-state index is -0.840. The summed E-state index contributed by atoms with van der Waals surface area (Å²) in [6, 6.07) is 3.76. The lowest BCUT2D eigenvalue weighted by Gasteiger charge is -1.79. The van der Waals surface area contributed by atoms with Gasteiger partial charge >= 0.3 is 5.97 Å². The fourth-order valence-corrected chi connectivity index (χ4v) is 2.28. The first-order valence-electron chi connectivity index (χ1n) is 4.70. The topological polar surface area (TPSA) is 37.3 Å². The average molecular weight is 262 g/mol. The summed E-state index contributed by atoms with van der Waals surface area (Å²) in [6.45, 7) is 3.97. The van der Waals surface area contributed by atoms with Crippen molar-refractivity contribution in [3.8, 4) is 0 Å². The second-order valence-corrected chi connectivity index (χ2v) is 4.79. The molecule has 0 saturated carbocycles. The first-order chi connectivity index (χ1) is 8.09. The number of aryl methyl sites for hydroxylation is 2. The van der Waals surface area contributed by atoms with Crippen LogP contribution in [0, 0.1) is 13.8 Å². The summed E-state index contributed by atoms with van der Waals surface area (Å²) in [5.41, 5.74) is 2.37. The highest BCUT2D eigenvalue weighted by Crippen LogP contribution is 2.12. The molecule has 0 fully saturated rings. The van der Waals surface area contributed by atoms with Gasteiger partial charge in [-0.1, -0.05) is 0 Å². The van der Waals surface area contributed by atoms with Gasteiger partial charge < -0.3 is 5.11 Å². The fraction of sp³-hybridized carbons (Fsp3) is 0.182. The van der Waals surface area contributed by atoms with Gasteiger partial charge in [0.2, 0.25) is 0 Å². The molecule has 0 saturated heterocycles. The summed E-state index contributed by atoms with van der Waals surface area (Å²) >= 11 is 3.00. The molecule has 0 bridgehead atoms. The van der Waals surface area contributed by atoms with Crippen molar-refractivity contribution >= 4 is 44.1 Å². The first-order valence-corrected chi connectivity index (χ1v) is 6.52. The number of hydrogen-bond donors (Lipinski definition) is 1. The summed E-state index contributed by atoms with van der Waals surface area (Å²) in [5, 5.41) is 14.4. The molecule has 4 radical (unpaired) electrons. The number of carbonyl (C=O) groups is 1. The van der Waals surface area contributed by atoms with Crippen molar-refractivity contribution in [3.63, 3.8) is 0 Å². The average Bonchev–Trinajstić information content (AvgIpc) is 2.93. The van der Waals surface area contributed by atoms with E-state index >= 15 is 0 Å². The molecule has 2 rings (SSSR count). The quantitative estimate of drug-likeness (QED) is 0.802. The maximum atomic E-state index is 10.2. The van der Waals surface area contributed by atoms with E-state index in [2.05, 4.69) is 39.2 Å². The van der Waals surface area contributed by atoms with Crippen LogP contribution >= 0.6 is 22.7 Å². The lowest BCUT2D eigenvalue weighted by molar-refractivity contribution is 0.0702. The minimum Gasteiger partial charge on any atom is -0.477 e. The summed E-state index contributed by atoms with van der Waals surface area (Å²) in [6.07, 6.45) is 0. The zero-order valence-electron chi connectivity index (χ0n) is 9.71. The molecule has 2 heterocycles. The maximum Gasteiger partial charge on any atom is 0.345 e. The summed E-state index contributed by atoms with van der Waals surface area (Å²) < 4.78 is 0. The van der Waals surface area contributed by atoms with Crippen molar-refractivity contribution in [2.75, 3.05) is 0 Å². The third-order valence-corrected chi connectivity index (χ3v) is 3.44. The van der Waals surface area contributed by atoms with Crippen LogP contribution < -0.4 is 0 Å². The zero-order chi connectivity index (χ0) is 13.3. The van der Waals surface area contributed by atoms with E-state index < -0.39 is 5.97 Å². The Morgan fingerprint density at radius 2 is 1.88 bits per heavy atom. The lowest BCUT2D eigenvalue weighted by Crippen LogP contribution is -1.89. The summed E-state index contributed by atoms with van der Waals surface area (Å²) in [7, 11) is 8.00. The number of rotatable bonds is 1. The lowest BCUT2D eigenvalue weighted by atomic mass is 9.81. The molecule has 1 N–H and O–H groups in total. The van der Waals surface area contributed by atoms with Crippen molar-refractivity contribution in [1.29, 1.82) is 0 Å². The van der Waals surface area contributed by atoms with Crippen LogP contribution in [-0.4, -0.2) is 26.5 Å². The number of carboxylic acids is 1. The molecular formula is C11H12B2O2S2. The van der Waals surface area contributed by atoms with Crippen LogP contribution in [0.25, 0.3) is 0 Å². The van der Waals surface area contributed by atoms with Gasteiger partial charge in [-0.2, -0.15) is 11.3 Å². The van der Waals surface area contributed by atoms with Crippen LogP contribution in [0.15, 0.2) is 28.3 Å². The van der Waals surface area contributed by atoms with Crippen molar-refractivity contribution in [1.82, 2.24) is 0 Å². The molecule has 0 aliphatic rings. The molecule has 2 aromatic rings. The predicted octanol–water partition coefficient (Wildman–Crippen LogP) is 3.05. The Hall–Kier alpha value is -1.00. The van der Waals surface area contributed by atoms with Crippen molar-refractivity contribution in [2.45, 2.75) is 13.8 Å². The van der Waals surface area contributed by atoms with Gasteiger partial charge in [0, 0.05) is 15.5 Å². The molecule has 0 aromatic carbocycles. The molecular weight excluding hydrogens is 250 g/mol. The molecule has 0 aliphatic carbocycles. The minimum absolute atomic E-state index is 0.410. The van der Waals surface area contributed by atoms with E-state index in [0.717, 1.165) is 5.56 Å². The van der Waals surface area contributed by atoms with Gasteiger partial charge in [-0.15, -0.1) is 11.3 Å². The van der Waals surface area contributed by atoms with E-state index in [9.17, 15) is 4.79 Å². The fourth-order valence-electron chi connectivity index (χ4n) is 0.876. The van der Waals surface area contributed by atoms with Gasteiger partial charge in [0.05, 0.1) is 0 Å². The Bertz CT molecular complexity index is 424. The first kappa shape index (κ1) is 16.0. The highest BCUT2D eigenvalue weighted by Gasteiger charge is 2.02. The highest BCUT2D eigenvalue weighted by molar-refractivity contribution is 7.12. The molecule has 0 unspecified atom stereocenters. The van der Waals surface area contributed by atoms with Crippen LogP contribution in [0.5, 0.6) is 0 Å². The standard InChI is InChI=1S/C6H6O2S.C5H6S.B2/c1-4-2-5(6(7)8)9-3-4;1-5-2-3-6-4-5;1-2/h2-3H,1H3,(H,7,8);2-4H,1H3;. The van der Waals surface area contributed by atoms with Crippen molar-refractivity contribution in [3.05, 3.63) is 44.3 Å². The SMILES string of the molecule is Cc1ccsc1.Cc1csc(C(=O)O)c1.[B][B]. The van der Waals surface area contributed by atoms with E-state index in [1.807, 2.05) is 12.3 Å². The van der Waals surface area contributed by atoms with Crippen LogP contribution in [0.4, 0.5) is 0 Å². The van der Waals surface area contributed by atoms with Crippen LogP contribution in [0.3, 0.4) is 0 Å². The molecule has 6 heteroatoms. The summed E-state index contributed by atoms with van der Waals surface area (Å²) in [5.74, 6) is -0.840. The van der Waals surface area contributed by atoms with Crippen LogP contribution in [-0.2, 0) is 0 Å². The number of thiophene rings is 2. The molecule has 86 valence electrons. The van der Waals surface area contributed by atoms with Crippen molar-refractivity contribution < 1.29 is 9.90 Å². The van der Waals surface area contributed by atoms with E-state index in [1.54, 1.807) is 17.4 Å². The molecule has 0 aliphatic heterocycles. The monoisotopic (exact) mass is 262 g/mol. The zero-order valence-corrected chi connectivity index (χ0v) is 11.3. The van der Waals surface area contributed by atoms with E-state index in [0.29, 0.717) is 4.88 Å². The Morgan fingerprint density at radius 1 is 1.24 bits per heavy atom. The van der Waals surface area contributed by atoms with E-state index in [4.69, 9.17) is 5.11 Å².